The van der Waals surface area contributed by atoms with Crippen LogP contribution >= 0.6 is 23.2 Å². The Kier molecular flexibility index (Phi) is 5.21. The van der Waals surface area contributed by atoms with Crippen molar-refractivity contribution in [2.45, 2.75) is 0 Å². The summed E-state index contributed by atoms with van der Waals surface area (Å²) in [6.07, 6.45) is 3.43. The van der Waals surface area contributed by atoms with Crippen molar-refractivity contribution in [2.75, 3.05) is 17.2 Å². The quantitative estimate of drug-likeness (QED) is 0.692. The first kappa shape index (κ1) is 17.3. The first-order chi connectivity index (χ1) is 12.0. The first-order valence-electron chi connectivity index (χ1n) is 7.31. The van der Waals surface area contributed by atoms with Gasteiger partial charge in [-0.3, -0.25) is 4.79 Å². The highest BCUT2D eigenvalue weighted by Crippen LogP contribution is 2.24. The Balaban J connectivity index is 1.62. The highest BCUT2D eigenvalue weighted by atomic mass is 35.5. The third-order valence-corrected chi connectivity index (χ3v) is 3.89. The predicted molar refractivity (Wildman–Crippen MR) is 97.1 cm³/mol. The van der Waals surface area contributed by atoms with Crippen molar-refractivity contribution in [1.82, 2.24) is 9.78 Å². The third kappa shape index (κ3) is 4.29. The zero-order valence-corrected chi connectivity index (χ0v) is 14.4. The summed E-state index contributed by atoms with van der Waals surface area (Å²) in [5.41, 5.74) is 1.41. The smallest absolute Gasteiger partial charge is 0.243 e. The second kappa shape index (κ2) is 7.55. The van der Waals surface area contributed by atoms with Gasteiger partial charge < -0.3 is 10.6 Å². The number of aromatic nitrogens is 2. The van der Waals surface area contributed by atoms with Crippen LogP contribution in [0.3, 0.4) is 0 Å². The monoisotopic (exact) mass is 378 g/mol. The Bertz CT molecular complexity index is 900. The maximum atomic E-state index is 13.6. The molecule has 0 radical (unpaired) electrons. The molecule has 2 N–H and O–H groups in total. The second-order valence-electron chi connectivity index (χ2n) is 5.14. The van der Waals surface area contributed by atoms with Crippen LogP contribution in [0.1, 0.15) is 0 Å². The molecular weight excluding hydrogens is 366 g/mol. The fourth-order valence-corrected chi connectivity index (χ4v) is 2.62. The molecule has 128 valence electrons. The minimum Gasteiger partial charge on any atom is -0.376 e. The van der Waals surface area contributed by atoms with Gasteiger partial charge in [-0.15, -0.1) is 0 Å². The van der Waals surface area contributed by atoms with Crippen molar-refractivity contribution >= 4 is 40.5 Å². The molecule has 1 heterocycles. The van der Waals surface area contributed by atoms with Gasteiger partial charge in [-0.2, -0.15) is 5.10 Å². The third-order valence-electron chi connectivity index (χ3n) is 3.35. The standard InChI is InChI=1S/C17H13Cl2FN4O/c18-11-2-4-14(20)15(8-11)23-17(25)10-21-12-3-5-16(13(19)9-12)24-7-1-6-22-24/h1-9,21H,10H2,(H,23,25). The van der Waals surface area contributed by atoms with E-state index in [1.54, 1.807) is 41.3 Å². The van der Waals surface area contributed by atoms with Crippen molar-refractivity contribution in [3.8, 4) is 5.69 Å². The molecule has 0 fully saturated rings. The topological polar surface area (TPSA) is 59.0 Å². The van der Waals surface area contributed by atoms with Gasteiger partial charge in [-0.05, 0) is 42.5 Å². The van der Waals surface area contributed by atoms with Gasteiger partial charge in [0.25, 0.3) is 0 Å². The van der Waals surface area contributed by atoms with E-state index in [0.717, 1.165) is 5.69 Å². The SMILES string of the molecule is O=C(CNc1ccc(-n2cccn2)c(Cl)c1)Nc1cc(Cl)ccc1F. The molecule has 0 unspecified atom stereocenters. The van der Waals surface area contributed by atoms with Gasteiger partial charge in [0.1, 0.15) is 5.82 Å². The predicted octanol–water partition coefficient (Wildman–Crippen LogP) is 4.37. The van der Waals surface area contributed by atoms with Gasteiger partial charge in [0.2, 0.25) is 5.91 Å². The molecule has 0 aliphatic heterocycles. The molecule has 0 saturated heterocycles. The molecule has 1 aromatic heterocycles. The Labute approximate surface area is 153 Å². The van der Waals surface area contributed by atoms with Crippen molar-refractivity contribution in [3.05, 3.63) is 70.7 Å². The van der Waals surface area contributed by atoms with Gasteiger partial charge in [0.15, 0.2) is 0 Å². The number of carbonyl (C=O) groups is 1. The summed E-state index contributed by atoms with van der Waals surface area (Å²) in [5, 5.41) is 10.3. The van der Waals surface area contributed by atoms with Crippen LogP contribution in [-0.2, 0) is 4.79 Å². The molecular formula is C17H13Cl2FN4O. The normalized spacial score (nSPS) is 10.5. The number of hydrogen-bond donors (Lipinski definition) is 2. The van der Waals surface area contributed by atoms with Crippen LogP contribution < -0.4 is 10.6 Å². The molecule has 2 aromatic carbocycles. The lowest BCUT2D eigenvalue weighted by Crippen LogP contribution is -2.22. The van der Waals surface area contributed by atoms with E-state index in [2.05, 4.69) is 15.7 Å². The molecule has 0 spiro atoms. The fraction of sp³-hybridized carbons (Fsp3) is 0.0588. The summed E-state index contributed by atoms with van der Waals surface area (Å²) in [6, 6.07) is 11.0. The van der Waals surface area contributed by atoms with E-state index >= 15 is 0 Å². The van der Waals surface area contributed by atoms with Gasteiger partial charge >= 0.3 is 0 Å². The molecule has 0 aliphatic rings. The molecule has 0 bridgehead atoms. The zero-order valence-electron chi connectivity index (χ0n) is 12.8. The number of nitrogens with one attached hydrogen (secondary N) is 2. The number of halogens is 3. The molecule has 0 atom stereocenters. The fourth-order valence-electron chi connectivity index (χ4n) is 2.18. The van der Waals surface area contributed by atoms with E-state index in [-0.39, 0.29) is 12.2 Å². The minimum absolute atomic E-state index is 0.0337. The molecule has 0 saturated carbocycles. The Hall–Kier alpha value is -2.57. The van der Waals surface area contributed by atoms with E-state index in [4.69, 9.17) is 23.2 Å². The van der Waals surface area contributed by atoms with Gasteiger partial charge in [0.05, 0.1) is 22.9 Å². The summed E-state index contributed by atoms with van der Waals surface area (Å²) in [5.74, 6) is -0.960. The number of carbonyl (C=O) groups excluding carboxylic acids is 1. The molecule has 25 heavy (non-hydrogen) atoms. The maximum Gasteiger partial charge on any atom is 0.243 e. The van der Waals surface area contributed by atoms with Crippen molar-refractivity contribution in [2.24, 2.45) is 0 Å². The molecule has 8 heteroatoms. The van der Waals surface area contributed by atoms with Crippen molar-refractivity contribution in [3.63, 3.8) is 0 Å². The lowest BCUT2D eigenvalue weighted by Gasteiger charge is -2.11. The highest BCUT2D eigenvalue weighted by molar-refractivity contribution is 6.32. The van der Waals surface area contributed by atoms with Crippen LogP contribution in [0.4, 0.5) is 15.8 Å². The summed E-state index contributed by atoms with van der Waals surface area (Å²) < 4.78 is 15.2. The molecule has 0 aliphatic carbocycles. The molecule has 3 rings (SSSR count). The summed E-state index contributed by atoms with van der Waals surface area (Å²) >= 11 is 12.0. The van der Waals surface area contributed by atoms with Crippen molar-refractivity contribution in [1.29, 1.82) is 0 Å². The van der Waals surface area contributed by atoms with Crippen molar-refractivity contribution < 1.29 is 9.18 Å². The summed E-state index contributed by atoms with van der Waals surface area (Å²) in [6.45, 7) is -0.0522. The average Bonchev–Trinajstić information content (AvgIpc) is 3.10. The molecule has 1 amide bonds. The number of nitrogens with zero attached hydrogens (tertiary/aromatic N) is 2. The Morgan fingerprint density at radius 1 is 1.20 bits per heavy atom. The van der Waals surface area contributed by atoms with Crippen LogP contribution in [0, 0.1) is 5.82 Å². The van der Waals surface area contributed by atoms with Gasteiger partial charge in [-0.1, -0.05) is 23.2 Å². The number of amides is 1. The largest absolute Gasteiger partial charge is 0.376 e. The number of hydrogen-bond acceptors (Lipinski definition) is 3. The number of benzene rings is 2. The van der Waals surface area contributed by atoms with Crippen LogP contribution in [0.5, 0.6) is 0 Å². The Morgan fingerprint density at radius 3 is 2.76 bits per heavy atom. The van der Waals surface area contributed by atoms with Crippen LogP contribution in [0.2, 0.25) is 10.0 Å². The van der Waals surface area contributed by atoms with E-state index in [9.17, 15) is 9.18 Å². The maximum absolute atomic E-state index is 13.6. The average molecular weight is 379 g/mol. The second-order valence-corrected chi connectivity index (χ2v) is 5.99. The van der Waals surface area contributed by atoms with E-state index < -0.39 is 11.7 Å². The highest BCUT2D eigenvalue weighted by Gasteiger charge is 2.09. The molecule has 3 aromatic rings. The zero-order chi connectivity index (χ0) is 17.8. The molecule has 5 nitrogen and oxygen atoms in total. The summed E-state index contributed by atoms with van der Waals surface area (Å²) in [4.78, 5) is 12.0. The lowest BCUT2D eigenvalue weighted by atomic mass is 10.2. The summed E-state index contributed by atoms with van der Waals surface area (Å²) in [7, 11) is 0. The Morgan fingerprint density at radius 2 is 2.04 bits per heavy atom. The van der Waals surface area contributed by atoms with Gasteiger partial charge in [0, 0.05) is 23.1 Å². The van der Waals surface area contributed by atoms with Crippen LogP contribution in [0.15, 0.2) is 54.9 Å². The van der Waals surface area contributed by atoms with Crippen LogP contribution in [-0.4, -0.2) is 22.2 Å². The minimum atomic E-state index is -0.552. The lowest BCUT2D eigenvalue weighted by molar-refractivity contribution is -0.114. The van der Waals surface area contributed by atoms with E-state index in [0.29, 0.717) is 15.7 Å². The van der Waals surface area contributed by atoms with Gasteiger partial charge in [-0.25, -0.2) is 9.07 Å². The number of anilines is 2. The van der Waals surface area contributed by atoms with E-state index in [1.807, 2.05) is 0 Å². The first-order valence-corrected chi connectivity index (χ1v) is 8.07. The number of rotatable bonds is 5. The van der Waals surface area contributed by atoms with E-state index in [1.165, 1.54) is 18.2 Å². The van der Waals surface area contributed by atoms with Crippen LogP contribution in [0.25, 0.3) is 5.69 Å².